The molecule has 0 atom stereocenters. The topological polar surface area (TPSA) is 95.9 Å². The second-order valence-electron chi connectivity index (χ2n) is 6.46. The van der Waals surface area contributed by atoms with Gasteiger partial charge in [-0.25, -0.2) is 9.69 Å². The number of carbonyl (C=O) groups is 3. The van der Waals surface area contributed by atoms with Crippen LogP contribution in [0, 0.1) is 17.4 Å². The minimum atomic E-state index is -0.791. The molecular weight excluding hydrogens is 487 g/mol. The second kappa shape index (κ2) is 8.24. The van der Waals surface area contributed by atoms with Crippen molar-refractivity contribution in [3.05, 3.63) is 56.2 Å². The van der Waals surface area contributed by atoms with Crippen LogP contribution in [0.15, 0.2) is 35.9 Å². The van der Waals surface area contributed by atoms with Gasteiger partial charge in [0.05, 0.1) is 15.9 Å². The minimum Gasteiger partial charge on any atom is -0.504 e. The Labute approximate surface area is 181 Å². The molecule has 2 N–H and O–H groups in total. The van der Waals surface area contributed by atoms with Gasteiger partial charge in [0.15, 0.2) is 11.5 Å². The zero-order valence-electron chi connectivity index (χ0n) is 16.1. The highest BCUT2D eigenvalue weighted by Crippen LogP contribution is 2.34. The van der Waals surface area contributed by atoms with Crippen molar-refractivity contribution < 1.29 is 24.2 Å². The van der Waals surface area contributed by atoms with Gasteiger partial charge in [-0.05, 0) is 84.3 Å². The van der Waals surface area contributed by atoms with Crippen LogP contribution in [0.5, 0.6) is 11.5 Å². The van der Waals surface area contributed by atoms with E-state index in [1.165, 1.54) is 12.1 Å². The first kappa shape index (κ1) is 20.8. The molecule has 0 bridgehead atoms. The van der Waals surface area contributed by atoms with Gasteiger partial charge in [0.1, 0.15) is 5.57 Å². The monoisotopic (exact) mass is 506 g/mol. The lowest BCUT2D eigenvalue weighted by Gasteiger charge is -2.28. The van der Waals surface area contributed by atoms with Crippen LogP contribution < -0.4 is 15.0 Å². The number of aromatic hydroxyl groups is 1. The molecule has 8 heteroatoms. The zero-order chi connectivity index (χ0) is 21.3. The number of anilines is 1. The molecule has 0 spiro atoms. The first-order chi connectivity index (χ1) is 13.7. The number of rotatable bonds is 4. The maximum atomic E-state index is 13.1. The van der Waals surface area contributed by atoms with E-state index in [0.29, 0.717) is 21.4 Å². The van der Waals surface area contributed by atoms with Crippen LogP contribution in [0.2, 0.25) is 0 Å². The number of benzene rings is 2. The van der Waals surface area contributed by atoms with Crippen molar-refractivity contribution in [1.29, 1.82) is 0 Å². The Bertz CT molecular complexity index is 1060. The average Bonchev–Trinajstić information content (AvgIpc) is 2.66. The van der Waals surface area contributed by atoms with Crippen molar-refractivity contribution in [2.75, 3.05) is 11.5 Å². The number of hydrogen-bond donors (Lipinski definition) is 2. The molecule has 1 aliphatic heterocycles. The lowest BCUT2D eigenvalue weighted by molar-refractivity contribution is -0.122. The van der Waals surface area contributed by atoms with E-state index in [1.807, 2.05) is 42.5 Å². The van der Waals surface area contributed by atoms with Crippen LogP contribution in [0.4, 0.5) is 10.5 Å². The van der Waals surface area contributed by atoms with Crippen molar-refractivity contribution in [2.45, 2.75) is 20.8 Å². The Morgan fingerprint density at radius 1 is 1.21 bits per heavy atom. The first-order valence-electron chi connectivity index (χ1n) is 8.87. The van der Waals surface area contributed by atoms with Crippen LogP contribution in [-0.2, 0) is 9.59 Å². The molecule has 0 aliphatic carbocycles. The molecule has 1 heterocycles. The Kier molecular flexibility index (Phi) is 5.92. The molecule has 29 heavy (non-hydrogen) atoms. The summed E-state index contributed by atoms with van der Waals surface area (Å²) in [4.78, 5) is 38.8. The molecule has 2 aromatic carbocycles. The number of hydrogen-bond acceptors (Lipinski definition) is 5. The summed E-state index contributed by atoms with van der Waals surface area (Å²) in [6.07, 6.45) is 1.38. The highest BCUT2D eigenvalue weighted by molar-refractivity contribution is 14.1. The Morgan fingerprint density at radius 2 is 1.93 bits per heavy atom. The summed E-state index contributed by atoms with van der Waals surface area (Å²) in [5.41, 5.74) is 2.41. The number of urea groups is 1. The van der Waals surface area contributed by atoms with E-state index >= 15 is 0 Å². The molecule has 1 saturated heterocycles. The predicted molar refractivity (Wildman–Crippen MR) is 117 cm³/mol. The van der Waals surface area contributed by atoms with Gasteiger partial charge in [-0.3, -0.25) is 14.9 Å². The molecule has 150 valence electrons. The van der Waals surface area contributed by atoms with E-state index in [1.54, 1.807) is 25.1 Å². The lowest BCUT2D eigenvalue weighted by Crippen LogP contribution is -2.54. The Hall–Kier alpha value is -2.88. The summed E-state index contributed by atoms with van der Waals surface area (Å²) in [6.45, 7) is 5.81. The molecule has 0 saturated carbocycles. The van der Waals surface area contributed by atoms with Crippen molar-refractivity contribution in [3.63, 3.8) is 0 Å². The summed E-state index contributed by atoms with van der Waals surface area (Å²) in [7, 11) is 0. The molecule has 3 rings (SSSR count). The minimum absolute atomic E-state index is 0.0128. The number of amides is 4. The maximum Gasteiger partial charge on any atom is 0.335 e. The molecule has 2 aromatic rings. The van der Waals surface area contributed by atoms with Gasteiger partial charge < -0.3 is 9.84 Å². The number of phenols is 1. The molecule has 0 aromatic heterocycles. The van der Waals surface area contributed by atoms with E-state index in [2.05, 4.69) is 5.32 Å². The number of phenolic OH excluding ortho intramolecular Hbond substituents is 1. The number of carbonyl (C=O) groups excluding carboxylic acids is 3. The number of ether oxygens (including phenoxy) is 1. The number of nitrogens with one attached hydrogen (secondary N) is 1. The first-order valence-corrected chi connectivity index (χ1v) is 9.95. The van der Waals surface area contributed by atoms with Crippen LogP contribution in [0.3, 0.4) is 0 Å². The SMILES string of the molecule is CCOc1cc(/C=C2\C(=O)NC(=O)N(c3cccc(C)c3C)C2=O)cc(I)c1O. The van der Waals surface area contributed by atoms with Gasteiger partial charge in [-0.1, -0.05) is 12.1 Å². The summed E-state index contributed by atoms with van der Waals surface area (Å²) in [6, 6.07) is 7.64. The standard InChI is InChI=1S/C21H19IN2O5/c1-4-29-17-10-13(9-15(22)18(17)25)8-14-19(26)23-21(28)24(20(14)27)16-7-5-6-11(2)12(16)3/h5-10,25H,4H2,1-3H3,(H,23,26,28)/b14-8+. The largest absolute Gasteiger partial charge is 0.504 e. The van der Waals surface area contributed by atoms with Crippen molar-refractivity contribution in [1.82, 2.24) is 5.32 Å². The van der Waals surface area contributed by atoms with E-state index in [-0.39, 0.29) is 17.1 Å². The van der Waals surface area contributed by atoms with E-state index < -0.39 is 17.8 Å². The smallest absolute Gasteiger partial charge is 0.335 e. The van der Waals surface area contributed by atoms with Crippen LogP contribution in [0.25, 0.3) is 6.08 Å². The second-order valence-corrected chi connectivity index (χ2v) is 7.62. The van der Waals surface area contributed by atoms with Crippen molar-refractivity contribution in [2.24, 2.45) is 0 Å². The van der Waals surface area contributed by atoms with E-state index in [9.17, 15) is 19.5 Å². The van der Waals surface area contributed by atoms with Gasteiger partial charge in [0, 0.05) is 0 Å². The van der Waals surface area contributed by atoms with E-state index in [4.69, 9.17) is 4.74 Å². The maximum absolute atomic E-state index is 13.1. The normalized spacial score (nSPS) is 15.7. The quantitative estimate of drug-likeness (QED) is 0.375. The summed E-state index contributed by atoms with van der Waals surface area (Å²) < 4.78 is 5.91. The molecular formula is C21H19IN2O5. The lowest BCUT2D eigenvalue weighted by atomic mass is 10.0. The highest BCUT2D eigenvalue weighted by atomic mass is 127. The van der Waals surface area contributed by atoms with Crippen LogP contribution in [0.1, 0.15) is 23.6 Å². The predicted octanol–water partition coefficient (Wildman–Crippen LogP) is 3.68. The third-order valence-electron chi connectivity index (χ3n) is 4.58. The number of barbiturate groups is 1. The Balaban J connectivity index is 2.08. The molecule has 1 aliphatic rings. The fourth-order valence-electron chi connectivity index (χ4n) is 2.96. The molecule has 4 amide bonds. The number of imide groups is 2. The average molecular weight is 506 g/mol. The van der Waals surface area contributed by atoms with Gasteiger partial charge in [-0.2, -0.15) is 0 Å². The van der Waals surface area contributed by atoms with Crippen LogP contribution >= 0.6 is 22.6 Å². The van der Waals surface area contributed by atoms with E-state index in [0.717, 1.165) is 16.0 Å². The van der Waals surface area contributed by atoms with Gasteiger partial charge >= 0.3 is 6.03 Å². The van der Waals surface area contributed by atoms with Gasteiger partial charge in [0.25, 0.3) is 11.8 Å². The molecule has 0 unspecified atom stereocenters. The summed E-state index contributed by atoms with van der Waals surface area (Å²) in [5.74, 6) is -1.25. The van der Waals surface area contributed by atoms with Gasteiger partial charge in [-0.15, -0.1) is 0 Å². The molecule has 1 fully saturated rings. The Morgan fingerprint density at radius 3 is 2.62 bits per heavy atom. The zero-order valence-corrected chi connectivity index (χ0v) is 18.2. The fraction of sp³-hybridized carbons (Fsp3) is 0.190. The van der Waals surface area contributed by atoms with Crippen molar-refractivity contribution >= 4 is 52.2 Å². The molecule has 7 nitrogen and oxygen atoms in total. The third-order valence-corrected chi connectivity index (χ3v) is 5.40. The summed E-state index contributed by atoms with van der Waals surface area (Å²) >= 11 is 1.94. The number of nitrogens with zero attached hydrogens (tertiary/aromatic N) is 1. The number of halogens is 1. The number of aryl methyl sites for hydroxylation is 1. The highest BCUT2D eigenvalue weighted by Gasteiger charge is 2.37. The third kappa shape index (κ3) is 3.98. The van der Waals surface area contributed by atoms with Crippen molar-refractivity contribution in [3.8, 4) is 11.5 Å². The fourth-order valence-corrected chi connectivity index (χ4v) is 3.59. The summed E-state index contributed by atoms with van der Waals surface area (Å²) in [5, 5.41) is 12.3. The molecule has 0 radical (unpaired) electrons. The van der Waals surface area contributed by atoms with Crippen LogP contribution in [-0.4, -0.2) is 29.6 Å². The van der Waals surface area contributed by atoms with Gasteiger partial charge in [0.2, 0.25) is 0 Å².